The first-order valence-corrected chi connectivity index (χ1v) is 7.30. The fourth-order valence-electron chi connectivity index (χ4n) is 2.05. The van der Waals surface area contributed by atoms with Gasteiger partial charge in [-0.1, -0.05) is 49.8 Å². The summed E-state index contributed by atoms with van der Waals surface area (Å²) in [6.07, 6.45) is 8.18. The van der Waals surface area contributed by atoms with Crippen LogP contribution in [0.5, 0.6) is 0 Å². The van der Waals surface area contributed by atoms with E-state index in [2.05, 4.69) is 43.3 Å². The lowest BCUT2D eigenvalue weighted by atomic mass is 9.97. The SMILES string of the molecule is CCC(CO)Cc1ccc(C=CCCCC(N)=O)cc1. The second-order valence-corrected chi connectivity index (χ2v) is 5.16. The Morgan fingerprint density at radius 3 is 2.60 bits per heavy atom. The highest BCUT2D eigenvalue weighted by Gasteiger charge is 2.05. The van der Waals surface area contributed by atoms with Gasteiger partial charge in [-0.2, -0.15) is 0 Å². The minimum atomic E-state index is -0.239. The lowest BCUT2D eigenvalue weighted by Crippen LogP contribution is -2.09. The molecule has 1 aromatic carbocycles. The highest BCUT2D eigenvalue weighted by atomic mass is 16.3. The van der Waals surface area contributed by atoms with Crippen molar-refractivity contribution in [1.82, 2.24) is 0 Å². The van der Waals surface area contributed by atoms with Gasteiger partial charge in [0.05, 0.1) is 0 Å². The molecule has 1 amide bonds. The predicted molar refractivity (Wildman–Crippen MR) is 83.1 cm³/mol. The number of rotatable bonds is 9. The largest absolute Gasteiger partial charge is 0.396 e. The number of carbonyl (C=O) groups excluding carboxylic acids is 1. The molecular weight excluding hydrogens is 250 g/mol. The summed E-state index contributed by atoms with van der Waals surface area (Å²) in [5, 5.41) is 9.20. The Morgan fingerprint density at radius 1 is 1.35 bits per heavy atom. The molecule has 1 atom stereocenters. The van der Waals surface area contributed by atoms with Crippen molar-refractivity contribution in [3.63, 3.8) is 0 Å². The molecule has 1 rings (SSSR count). The van der Waals surface area contributed by atoms with E-state index in [-0.39, 0.29) is 12.5 Å². The summed E-state index contributed by atoms with van der Waals surface area (Å²) in [7, 11) is 0. The first-order valence-electron chi connectivity index (χ1n) is 7.30. The molecule has 1 aromatic rings. The van der Waals surface area contributed by atoms with Crippen molar-refractivity contribution in [1.29, 1.82) is 0 Å². The van der Waals surface area contributed by atoms with Crippen LogP contribution in [0, 0.1) is 5.92 Å². The minimum absolute atomic E-state index is 0.239. The number of allylic oxidation sites excluding steroid dienone is 1. The maximum absolute atomic E-state index is 10.6. The average molecular weight is 275 g/mol. The van der Waals surface area contributed by atoms with E-state index >= 15 is 0 Å². The number of hydrogen-bond donors (Lipinski definition) is 2. The Labute approximate surface area is 121 Å². The van der Waals surface area contributed by atoms with Crippen LogP contribution in [0.15, 0.2) is 30.3 Å². The summed E-state index contributed by atoms with van der Waals surface area (Å²) in [4.78, 5) is 10.6. The van der Waals surface area contributed by atoms with E-state index in [0.717, 1.165) is 31.2 Å². The number of primary amides is 1. The molecule has 0 saturated carbocycles. The third-order valence-electron chi connectivity index (χ3n) is 3.44. The van der Waals surface area contributed by atoms with Gasteiger partial charge in [0, 0.05) is 13.0 Å². The van der Waals surface area contributed by atoms with Gasteiger partial charge < -0.3 is 10.8 Å². The molecule has 0 bridgehead atoms. The van der Waals surface area contributed by atoms with E-state index in [9.17, 15) is 9.90 Å². The fraction of sp³-hybridized carbons (Fsp3) is 0.471. The lowest BCUT2D eigenvalue weighted by Gasteiger charge is -2.11. The Balaban J connectivity index is 2.42. The van der Waals surface area contributed by atoms with Gasteiger partial charge in [0.25, 0.3) is 0 Å². The van der Waals surface area contributed by atoms with E-state index in [1.54, 1.807) is 0 Å². The van der Waals surface area contributed by atoms with Gasteiger partial charge in [-0.3, -0.25) is 4.79 Å². The van der Waals surface area contributed by atoms with Gasteiger partial charge in [-0.25, -0.2) is 0 Å². The number of amides is 1. The standard InChI is InChI=1S/C17H25NO2/c1-2-14(13-19)12-16-10-8-15(9-11-16)6-4-3-5-7-17(18)20/h4,6,8-11,14,19H,2-3,5,7,12-13H2,1H3,(H2,18,20). The molecule has 3 N–H and O–H groups in total. The first-order chi connectivity index (χ1) is 9.65. The Hall–Kier alpha value is -1.61. The maximum Gasteiger partial charge on any atom is 0.217 e. The molecule has 3 heteroatoms. The van der Waals surface area contributed by atoms with Crippen molar-refractivity contribution in [2.24, 2.45) is 11.7 Å². The summed E-state index contributed by atoms with van der Waals surface area (Å²) in [5.74, 6) is 0.113. The first kappa shape index (κ1) is 16.4. The predicted octanol–water partition coefficient (Wildman–Crippen LogP) is 2.92. The topological polar surface area (TPSA) is 63.3 Å². The Kier molecular flexibility index (Phi) is 7.66. The zero-order chi connectivity index (χ0) is 14.8. The normalized spacial score (nSPS) is 12.7. The van der Waals surface area contributed by atoms with Crippen molar-refractivity contribution in [2.45, 2.75) is 39.0 Å². The monoisotopic (exact) mass is 275 g/mol. The van der Waals surface area contributed by atoms with Crippen LogP contribution in [0.2, 0.25) is 0 Å². The van der Waals surface area contributed by atoms with Gasteiger partial charge >= 0.3 is 0 Å². The smallest absolute Gasteiger partial charge is 0.217 e. The highest BCUT2D eigenvalue weighted by Crippen LogP contribution is 2.13. The number of unbranched alkanes of at least 4 members (excludes halogenated alkanes) is 1. The summed E-state index contributed by atoms with van der Waals surface area (Å²) in [6.45, 7) is 2.35. The number of aliphatic hydroxyl groups excluding tert-OH is 1. The number of benzene rings is 1. The van der Waals surface area contributed by atoms with Gasteiger partial charge in [0.15, 0.2) is 0 Å². The van der Waals surface area contributed by atoms with Crippen LogP contribution in [0.3, 0.4) is 0 Å². The number of carbonyl (C=O) groups is 1. The molecule has 0 radical (unpaired) electrons. The van der Waals surface area contributed by atoms with Gasteiger partial charge in [0.2, 0.25) is 5.91 Å². The maximum atomic E-state index is 10.6. The van der Waals surface area contributed by atoms with Crippen molar-refractivity contribution in [3.8, 4) is 0 Å². The number of nitrogens with two attached hydrogens (primary N) is 1. The van der Waals surface area contributed by atoms with Crippen molar-refractivity contribution in [3.05, 3.63) is 41.5 Å². The summed E-state index contributed by atoms with van der Waals surface area (Å²) >= 11 is 0. The molecule has 0 aliphatic carbocycles. The molecular formula is C17H25NO2. The van der Waals surface area contributed by atoms with Crippen LogP contribution in [-0.4, -0.2) is 17.6 Å². The minimum Gasteiger partial charge on any atom is -0.396 e. The summed E-state index contributed by atoms with van der Waals surface area (Å²) < 4.78 is 0. The molecule has 0 fully saturated rings. The highest BCUT2D eigenvalue weighted by molar-refractivity contribution is 5.73. The summed E-state index contributed by atoms with van der Waals surface area (Å²) in [6, 6.07) is 8.40. The molecule has 110 valence electrons. The van der Waals surface area contributed by atoms with E-state index in [1.165, 1.54) is 5.56 Å². The van der Waals surface area contributed by atoms with Crippen LogP contribution >= 0.6 is 0 Å². The van der Waals surface area contributed by atoms with Crippen molar-refractivity contribution in [2.75, 3.05) is 6.61 Å². The fourth-order valence-corrected chi connectivity index (χ4v) is 2.05. The lowest BCUT2D eigenvalue weighted by molar-refractivity contribution is -0.118. The van der Waals surface area contributed by atoms with Gasteiger partial charge in [-0.15, -0.1) is 0 Å². The third kappa shape index (κ3) is 6.53. The zero-order valence-electron chi connectivity index (χ0n) is 12.2. The van der Waals surface area contributed by atoms with Crippen molar-refractivity contribution < 1.29 is 9.90 Å². The molecule has 0 aromatic heterocycles. The van der Waals surface area contributed by atoms with Crippen LogP contribution in [0.4, 0.5) is 0 Å². The molecule has 0 saturated heterocycles. The van der Waals surface area contributed by atoms with Crippen LogP contribution < -0.4 is 5.73 Å². The van der Waals surface area contributed by atoms with E-state index in [0.29, 0.717) is 12.3 Å². The van der Waals surface area contributed by atoms with E-state index in [1.807, 2.05) is 0 Å². The Bertz CT molecular complexity index is 419. The molecule has 0 aliphatic rings. The van der Waals surface area contributed by atoms with E-state index < -0.39 is 0 Å². The molecule has 3 nitrogen and oxygen atoms in total. The van der Waals surface area contributed by atoms with Crippen LogP contribution in [-0.2, 0) is 11.2 Å². The zero-order valence-corrected chi connectivity index (χ0v) is 12.2. The van der Waals surface area contributed by atoms with Crippen molar-refractivity contribution >= 4 is 12.0 Å². The molecule has 0 spiro atoms. The second-order valence-electron chi connectivity index (χ2n) is 5.16. The quantitative estimate of drug-likeness (QED) is 0.681. The van der Waals surface area contributed by atoms with Gasteiger partial charge in [0.1, 0.15) is 0 Å². The molecule has 20 heavy (non-hydrogen) atoms. The molecule has 0 heterocycles. The third-order valence-corrected chi connectivity index (χ3v) is 3.44. The average Bonchev–Trinajstić information content (AvgIpc) is 2.45. The van der Waals surface area contributed by atoms with Gasteiger partial charge in [-0.05, 0) is 36.3 Å². The van der Waals surface area contributed by atoms with E-state index in [4.69, 9.17) is 5.73 Å². The molecule has 0 aliphatic heterocycles. The van der Waals surface area contributed by atoms with Crippen LogP contribution in [0.25, 0.3) is 6.08 Å². The Morgan fingerprint density at radius 2 is 2.05 bits per heavy atom. The van der Waals surface area contributed by atoms with Crippen LogP contribution in [0.1, 0.15) is 43.7 Å². The summed E-state index contributed by atoms with van der Waals surface area (Å²) in [5.41, 5.74) is 7.50. The second kappa shape index (κ2) is 9.32. The molecule has 1 unspecified atom stereocenters. The number of hydrogen-bond acceptors (Lipinski definition) is 2. The number of aliphatic hydroxyl groups is 1.